The molecule has 5 nitrogen and oxygen atoms in total. The summed E-state index contributed by atoms with van der Waals surface area (Å²) in [7, 11) is 1.29. The van der Waals surface area contributed by atoms with Crippen LogP contribution in [0.1, 0.15) is 65.6 Å². The Hall–Kier alpha value is -2.79. The maximum atomic E-state index is 13.3. The summed E-state index contributed by atoms with van der Waals surface area (Å²) in [6.45, 7) is 0. The number of halogens is 7. The first-order chi connectivity index (χ1) is 18.1. The van der Waals surface area contributed by atoms with Crippen LogP contribution in [0, 0.1) is 0 Å². The molecular formula is C27H29ClF6N2O3. The molecular weight excluding hydrogens is 550 g/mol. The summed E-state index contributed by atoms with van der Waals surface area (Å²) in [5.74, 6) is -1.33. The Balaban J connectivity index is 1.82. The standard InChI is InChI=1S/C27H29ClF6N2O3/c1-36(25(39)17-13-18(26(29,30)31)15-19(14-17)27(32,33)34)22(12-16-2-4-20(28)5-3-16)8-11-24(38)35-21-6-9-23(37)10-7-21/h2-5,13-15,21-23,37H,6-12H2,1H3,(H,35,38). The molecule has 0 aromatic heterocycles. The predicted octanol–water partition coefficient (Wildman–Crippen LogP) is 6.26. The molecule has 1 aliphatic carbocycles. The van der Waals surface area contributed by atoms with Gasteiger partial charge >= 0.3 is 12.4 Å². The SMILES string of the molecule is CN(C(=O)c1cc(C(F)(F)F)cc(C(F)(F)F)c1)C(CCC(=O)NC1CCC(O)CC1)Cc1ccc(Cl)cc1. The van der Waals surface area contributed by atoms with Crippen LogP contribution < -0.4 is 5.32 Å². The lowest BCUT2D eigenvalue weighted by molar-refractivity contribution is -0.143. The lowest BCUT2D eigenvalue weighted by atomic mass is 9.93. The number of alkyl halides is 6. The molecule has 3 rings (SSSR count). The van der Waals surface area contributed by atoms with Crippen LogP contribution in [0.25, 0.3) is 0 Å². The zero-order chi connectivity index (χ0) is 29.0. The second-order valence-corrected chi connectivity index (χ2v) is 10.2. The van der Waals surface area contributed by atoms with Gasteiger partial charge in [0.25, 0.3) is 5.91 Å². The molecule has 1 aliphatic rings. The topological polar surface area (TPSA) is 69.6 Å². The fourth-order valence-corrected chi connectivity index (χ4v) is 4.72. The van der Waals surface area contributed by atoms with Crippen molar-refractivity contribution in [3.63, 3.8) is 0 Å². The lowest BCUT2D eigenvalue weighted by Crippen LogP contribution is -2.41. The van der Waals surface area contributed by atoms with Crippen LogP contribution in [0.5, 0.6) is 0 Å². The molecule has 12 heteroatoms. The number of aliphatic hydroxyl groups is 1. The number of aliphatic hydroxyl groups excluding tert-OH is 1. The van der Waals surface area contributed by atoms with E-state index in [1.807, 2.05) is 0 Å². The van der Waals surface area contributed by atoms with Crippen molar-refractivity contribution in [1.29, 1.82) is 0 Å². The van der Waals surface area contributed by atoms with Crippen LogP contribution >= 0.6 is 11.6 Å². The van der Waals surface area contributed by atoms with E-state index in [4.69, 9.17) is 11.6 Å². The summed E-state index contributed by atoms with van der Waals surface area (Å²) in [5, 5.41) is 13.0. The van der Waals surface area contributed by atoms with E-state index < -0.39 is 47.1 Å². The van der Waals surface area contributed by atoms with E-state index in [0.29, 0.717) is 48.4 Å². The van der Waals surface area contributed by atoms with Gasteiger partial charge in [-0.3, -0.25) is 9.59 Å². The molecule has 2 aromatic rings. The summed E-state index contributed by atoms with van der Waals surface area (Å²) in [5.41, 5.74) is -3.21. The van der Waals surface area contributed by atoms with Crippen LogP contribution in [0.2, 0.25) is 5.02 Å². The number of nitrogens with zero attached hydrogens (tertiary/aromatic N) is 1. The third-order valence-electron chi connectivity index (χ3n) is 6.85. The predicted molar refractivity (Wildman–Crippen MR) is 133 cm³/mol. The Morgan fingerprint density at radius 2 is 1.51 bits per heavy atom. The molecule has 0 spiro atoms. The Morgan fingerprint density at radius 1 is 0.974 bits per heavy atom. The summed E-state index contributed by atoms with van der Waals surface area (Å²) >= 11 is 5.93. The highest BCUT2D eigenvalue weighted by Gasteiger charge is 2.38. The summed E-state index contributed by atoms with van der Waals surface area (Å²) in [6, 6.07) is 6.55. The van der Waals surface area contributed by atoms with Crippen LogP contribution in [-0.2, 0) is 23.6 Å². The van der Waals surface area contributed by atoms with Crippen molar-refractivity contribution >= 4 is 23.4 Å². The number of hydrogen-bond acceptors (Lipinski definition) is 3. The van der Waals surface area contributed by atoms with Gasteiger partial charge < -0.3 is 15.3 Å². The van der Waals surface area contributed by atoms with E-state index in [9.17, 15) is 41.0 Å². The van der Waals surface area contributed by atoms with Gasteiger partial charge in [-0.15, -0.1) is 0 Å². The van der Waals surface area contributed by atoms with Crippen molar-refractivity contribution in [3.8, 4) is 0 Å². The number of benzene rings is 2. The Bertz CT molecular complexity index is 1110. The summed E-state index contributed by atoms with van der Waals surface area (Å²) in [6.07, 6.45) is -7.93. The average molecular weight is 579 g/mol. The Kier molecular flexibility index (Phi) is 9.93. The second kappa shape index (κ2) is 12.6. The number of amides is 2. The molecule has 1 fully saturated rings. The highest BCUT2D eigenvalue weighted by atomic mass is 35.5. The summed E-state index contributed by atoms with van der Waals surface area (Å²) in [4.78, 5) is 26.9. The molecule has 1 saturated carbocycles. The maximum absolute atomic E-state index is 13.3. The van der Waals surface area contributed by atoms with E-state index >= 15 is 0 Å². The molecule has 0 aliphatic heterocycles. The van der Waals surface area contributed by atoms with Crippen LogP contribution in [0.3, 0.4) is 0 Å². The monoisotopic (exact) mass is 578 g/mol. The molecule has 0 bridgehead atoms. The van der Waals surface area contributed by atoms with Crippen molar-refractivity contribution < 1.29 is 41.0 Å². The van der Waals surface area contributed by atoms with Gasteiger partial charge in [0.05, 0.1) is 17.2 Å². The van der Waals surface area contributed by atoms with Gasteiger partial charge in [0.1, 0.15) is 0 Å². The van der Waals surface area contributed by atoms with Crippen molar-refractivity contribution in [2.45, 2.75) is 75.5 Å². The first-order valence-corrected chi connectivity index (χ1v) is 12.8. The molecule has 1 unspecified atom stereocenters. The molecule has 1 atom stereocenters. The average Bonchev–Trinajstić information content (AvgIpc) is 2.87. The zero-order valence-corrected chi connectivity index (χ0v) is 21.8. The van der Waals surface area contributed by atoms with Crippen molar-refractivity contribution in [3.05, 3.63) is 69.7 Å². The number of rotatable bonds is 8. The number of likely N-dealkylation sites (N-methyl/N-ethyl adjacent to an activating group) is 1. The highest BCUT2D eigenvalue weighted by Crippen LogP contribution is 2.36. The molecule has 0 radical (unpaired) electrons. The quantitative estimate of drug-likeness (QED) is 0.363. The van der Waals surface area contributed by atoms with Crippen LogP contribution in [0.15, 0.2) is 42.5 Å². The third-order valence-corrected chi connectivity index (χ3v) is 7.11. The van der Waals surface area contributed by atoms with Crippen molar-refractivity contribution in [2.24, 2.45) is 0 Å². The minimum atomic E-state index is -5.09. The lowest BCUT2D eigenvalue weighted by Gasteiger charge is -2.30. The smallest absolute Gasteiger partial charge is 0.393 e. The second-order valence-electron chi connectivity index (χ2n) is 9.81. The molecule has 39 heavy (non-hydrogen) atoms. The maximum Gasteiger partial charge on any atom is 0.416 e. The largest absolute Gasteiger partial charge is 0.416 e. The fraction of sp³-hybridized carbons (Fsp3) is 0.481. The number of hydrogen-bond donors (Lipinski definition) is 2. The van der Waals surface area contributed by atoms with Gasteiger partial charge in [0, 0.05) is 36.1 Å². The normalized spacial score (nSPS) is 18.9. The van der Waals surface area contributed by atoms with Crippen LogP contribution in [0.4, 0.5) is 26.3 Å². The van der Waals surface area contributed by atoms with Gasteiger partial charge in [0.15, 0.2) is 0 Å². The Labute approximate surface area is 227 Å². The van der Waals surface area contributed by atoms with Crippen LogP contribution in [-0.4, -0.2) is 47.1 Å². The van der Waals surface area contributed by atoms with E-state index in [1.165, 1.54) is 7.05 Å². The van der Waals surface area contributed by atoms with Crippen molar-refractivity contribution in [1.82, 2.24) is 10.2 Å². The Morgan fingerprint density at radius 3 is 2.03 bits per heavy atom. The fourth-order valence-electron chi connectivity index (χ4n) is 4.59. The number of nitrogens with one attached hydrogen (secondary N) is 1. The third kappa shape index (κ3) is 8.86. The minimum absolute atomic E-state index is 0.0225. The molecule has 2 N–H and O–H groups in total. The van der Waals surface area contributed by atoms with E-state index in [2.05, 4.69) is 5.32 Å². The van der Waals surface area contributed by atoms with E-state index in [1.54, 1.807) is 24.3 Å². The first-order valence-electron chi connectivity index (χ1n) is 12.4. The molecule has 0 saturated heterocycles. The van der Waals surface area contributed by atoms with Gasteiger partial charge in [-0.05, 0) is 74.4 Å². The molecule has 0 heterocycles. The van der Waals surface area contributed by atoms with Gasteiger partial charge in [-0.2, -0.15) is 26.3 Å². The van der Waals surface area contributed by atoms with Gasteiger partial charge in [-0.1, -0.05) is 23.7 Å². The zero-order valence-electron chi connectivity index (χ0n) is 21.1. The molecule has 2 aromatic carbocycles. The van der Waals surface area contributed by atoms with Crippen molar-refractivity contribution in [2.75, 3.05) is 7.05 Å². The number of carbonyl (C=O) groups excluding carboxylic acids is 2. The van der Waals surface area contributed by atoms with E-state index in [0.717, 1.165) is 4.90 Å². The van der Waals surface area contributed by atoms with Gasteiger partial charge in [0.2, 0.25) is 5.91 Å². The minimum Gasteiger partial charge on any atom is -0.393 e. The molecule has 2 amide bonds. The molecule has 214 valence electrons. The summed E-state index contributed by atoms with van der Waals surface area (Å²) < 4.78 is 80.0. The van der Waals surface area contributed by atoms with E-state index in [-0.39, 0.29) is 37.3 Å². The first kappa shape index (κ1) is 30.7. The highest BCUT2D eigenvalue weighted by molar-refractivity contribution is 6.30. The number of carbonyl (C=O) groups is 2. The van der Waals surface area contributed by atoms with Gasteiger partial charge in [-0.25, -0.2) is 0 Å².